The van der Waals surface area contributed by atoms with Crippen molar-refractivity contribution in [3.8, 4) is 0 Å². The summed E-state index contributed by atoms with van der Waals surface area (Å²) in [6, 6.07) is 12.0. The molecule has 1 aliphatic heterocycles. The van der Waals surface area contributed by atoms with Crippen molar-refractivity contribution in [2.24, 2.45) is 0 Å². The second kappa shape index (κ2) is 8.17. The summed E-state index contributed by atoms with van der Waals surface area (Å²) >= 11 is 0. The van der Waals surface area contributed by atoms with Gasteiger partial charge in [-0.3, -0.25) is 14.4 Å². The Kier molecular flexibility index (Phi) is 5.56. The molecule has 0 bridgehead atoms. The number of Topliss-reactive ketones (excluding diaryl/α,β-unsaturated/α-hetero) is 1. The number of hydrogen-bond donors (Lipinski definition) is 0. The van der Waals surface area contributed by atoms with Gasteiger partial charge >= 0.3 is 6.18 Å². The Bertz CT molecular complexity index is 1030. The van der Waals surface area contributed by atoms with Crippen molar-refractivity contribution in [3.63, 3.8) is 0 Å². The maximum Gasteiger partial charge on any atom is 0.416 e. The number of ketones is 1. The van der Waals surface area contributed by atoms with Crippen molar-refractivity contribution in [2.45, 2.75) is 31.5 Å². The van der Waals surface area contributed by atoms with E-state index < -0.39 is 17.7 Å². The van der Waals surface area contributed by atoms with Gasteiger partial charge in [-0.05, 0) is 23.3 Å². The highest BCUT2D eigenvalue weighted by molar-refractivity contribution is 6.06. The lowest BCUT2D eigenvalue weighted by Crippen LogP contribution is -2.38. The number of nitrogens with zero attached hydrogens (tertiary/aromatic N) is 2. The van der Waals surface area contributed by atoms with Crippen LogP contribution in [0.2, 0.25) is 0 Å². The molecule has 0 radical (unpaired) electrons. The van der Waals surface area contributed by atoms with E-state index in [2.05, 4.69) is 0 Å². The van der Waals surface area contributed by atoms with Gasteiger partial charge in [0.05, 0.1) is 11.5 Å². The van der Waals surface area contributed by atoms with Crippen LogP contribution in [-0.4, -0.2) is 47.0 Å². The summed E-state index contributed by atoms with van der Waals surface area (Å²) in [4.78, 5) is 41.0. The third kappa shape index (κ3) is 4.33. The van der Waals surface area contributed by atoms with Gasteiger partial charge < -0.3 is 9.80 Å². The Morgan fingerprint density at radius 2 is 1.77 bits per heavy atom. The van der Waals surface area contributed by atoms with Crippen LogP contribution in [0.1, 0.15) is 45.8 Å². The SMILES string of the molecule is O=C1C[C@@H](C(=O)N2CCC(=O)N(Cc3cccc(C(F)(F)F)c3)CC2)c2ccccc21. The summed E-state index contributed by atoms with van der Waals surface area (Å²) in [5, 5.41) is 0. The number of alkyl halides is 3. The minimum atomic E-state index is -4.45. The van der Waals surface area contributed by atoms with Crippen LogP contribution in [0.5, 0.6) is 0 Å². The van der Waals surface area contributed by atoms with Gasteiger partial charge in [-0.1, -0.05) is 36.4 Å². The highest BCUT2D eigenvalue weighted by Gasteiger charge is 2.37. The second-order valence-corrected chi connectivity index (χ2v) is 7.86. The molecule has 31 heavy (non-hydrogen) atoms. The fourth-order valence-electron chi connectivity index (χ4n) is 4.22. The first-order valence-electron chi connectivity index (χ1n) is 10.1. The highest BCUT2D eigenvalue weighted by Crippen LogP contribution is 2.34. The van der Waals surface area contributed by atoms with Crippen molar-refractivity contribution < 1.29 is 27.6 Å². The van der Waals surface area contributed by atoms with E-state index in [1.165, 1.54) is 11.0 Å². The molecular formula is C23H21F3N2O3. The summed E-state index contributed by atoms with van der Waals surface area (Å²) < 4.78 is 38.9. The van der Waals surface area contributed by atoms with E-state index >= 15 is 0 Å². The molecule has 2 aromatic rings. The summed E-state index contributed by atoms with van der Waals surface area (Å²) in [6.07, 6.45) is -4.24. The van der Waals surface area contributed by atoms with E-state index in [1.807, 2.05) is 0 Å². The average Bonchev–Trinajstić information content (AvgIpc) is 2.97. The molecule has 1 fully saturated rings. The molecule has 2 aliphatic rings. The lowest BCUT2D eigenvalue weighted by Gasteiger charge is -2.25. The largest absolute Gasteiger partial charge is 0.416 e. The molecule has 8 heteroatoms. The quantitative estimate of drug-likeness (QED) is 0.747. The molecule has 0 unspecified atom stereocenters. The number of carbonyl (C=O) groups is 3. The molecular weight excluding hydrogens is 409 g/mol. The molecule has 1 atom stereocenters. The molecule has 2 aromatic carbocycles. The first-order chi connectivity index (χ1) is 14.7. The lowest BCUT2D eigenvalue weighted by atomic mass is 10.00. The minimum Gasteiger partial charge on any atom is -0.340 e. The summed E-state index contributed by atoms with van der Waals surface area (Å²) in [5.41, 5.74) is 0.915. The molecule has 0 spiro atoms. The molecule has 0 N–H and O–H groups in total. The standard InChI is InChI=1S/C23H21F3N2O3/c24-23(25,26)16-5-3-4-15(12-16)14-28-11-10-27(9-8-21(28)30)22(31)19-13-20(29)18-7-2-1-6-17(18)19/h1-7,12,19H,8-11,13-14H2/t19-/m1/s1. The molecule has 1 heterocycles. The van der Waals surface area contributed by atoms with Gasteiger partial charge in [-0.2, -0.15) is 13.2 Å². The maximum atomic E-state index is 13.1. The van der Waals surface area contributed by atoms with Crippen molar-refractivity contribution >= 4 is 17.6 Å². The zero-order chi connectivity index (χ0) is 22.2. The van der Waals surface area contributed by atoms with Crippen LogP contribution in [0.3, 0.4) is 0 Å². The predicted molar refractivity (Wildman–Crippen MR) is 106 cm³/mol. The minimum absolute atomic E-state index is 0.0511. The second-order valence-electron chi connectivity index (χ2n) is 7.86. The van der Waals surface area contributed by atoms with Gasteiger partial charge in [-0.15, -0.1) is 0 Å². The van der Waals surface area contributed by atoms with Gasteiger partial charge in [0.25, 0.3) is 0 Å². The third-order valence-electron chi connectivity index (χ3n) is 5.85. The number of rotatable bonds is 3. The Hall–Kier alpha value is -3.16. The van der Waals surface area contributed by atoms with Crippen molar-refractivity contribution in [1.29, 1.82) is 0 Å². The van der Waals surface area contributed by atoms with E-state index in [0.717, 1.165) is 12.1 Å². The van der Waals surface area contributed by atoms with E-state index in [-0.39, 0.29) is 56.6 Å². The zero-order valence-corrected chi connectivity index (χ0v) is 16.7. The molecule has 0 saturated carbocycles. The fourth-order valence-corrected chi connectivity index (χ4v) is 4.22. The molecule has 1 saturated heterocycles. The molecule has 4 rings (SSSR count). The highest BCUT2D eigenvalue weighted by atomic mass is 19.4. The van der Waals surface area contributed by atoms with E-state index in [9.17, 15) is 27.6 Å². The van der Waals surface area contributed by atoms with Crippen molar-refractivity contribution in [2.75, 3.05) is 19.6 Å². The van der Waals surface area contributed by atoms with E-state index in [0.29, 0.717) is 16.7 Å². The van der Waals surface area contributed by atoms with Gasteiger partial charge in [0.2, 0.25) is 11.8 Å². The topological polar surface area (TPSA) is 57.7 Å². The average molecular weight is 430 g/mol. The number of amides is 2. The number of fused-ring (bicyclic) bond motifs is 1. The van der Waals surface area contributed by atoms with Crippen LogP contribution in [0, 0.1) is 0 Å². The maximum absolute atomic E-state index is 13.1. The zero-order valence-electron chi connectivity index (χ0n) is 16.7. The van der Waals surface area contributed by atoms with Crippen LogP contribution in [0.15, 0.2) is 48.5 Å². The van der Waals surface area contributed by atoms with Crippen LogP contribution in [-0.2, 0) is 22.3 Å². The van der Waals surface area contributed by atoms with Gasteiger partial charge in [0.15, 0.2) is 5.78 Å². The predicted octanol–water partition coefficient (Wildman–Crippen LogP) is 3.64. The Labute approximate surface area is 177 Å². The summed E-state index contributed by atoms with van der Waals surface area (Å²) in [7, 11) is 0. The monoisotopic (exact) mass is 430 g/mol. The van der Waals surface area contributed by atoms with Gasteiger partial charge in [0, 0.05) is 44.6 Å². The van der Waals surface area contributed by atoms with Crippen LogP contribution in [0.25, 0.3) is 0 Å². The van der Waals surface area contributed by atoms with Gasteiger partial charge in [-0.25, -0.2) is 0 Å². The lowest BCUT2D eigenvalue weighted by molar-refractivity contribution is -0.137. The van der Waals surface area contributed by atoms with Crippen molar-refractivity contribution in [1.82, 2.24) is 9.80 Å². The number of carbonyl (C=O) groups excluding carboxylic acids is 3. The summed E-state index contributed by atoms with van der Waals surface area (Å²) in [5.74, 6) is -1.01. The fraction of sp³-hybridized carbons (Fsp3) is 0.348. The molecule has 0 aromatic heterocycles. The molecule has 1 aliphatic carbocycles. The normalized spacial score (nSPS) is 19.4. The number of hydrogen-bond acceptors (Lipinski definition) is 3. The first kappa shape index (κ1) is 21.1. The van der Waals surface area contributed by atoms with Crippen LogP contribution < -0.4 is 0 Å². The molecule has 5 nitrogen and oxygen atoms in total. The summed E-state index contributed by atoms with van der Waals surface area (Å²) in [6.45, 7) is 0.776. The Morgan fingerprint density at radius 3 is 2.55 bits per heavy atom. The smallest absolute Gasteiger partial charge is 0.340 e. The van der Waals surface area contributed by atoms with Crippen LogP contribution >= 0.6 is 0 Å². The molecule has 2 amide bonds. The number of benzene rings is 2. The molecule has 162 valence electrons. The van der Waals surface area contributed by atoms with Crippen LogP contribution in [0.4, 0.5) is 13.2 Å². The Morgan fingerprint density at radius 1 is 1.00 bits per heavy atom. The van der Waals surface area contributed by atoms with E-state index in [4.69, 9.17) is 0 Å². The van der Waals surface area contributed by atoms with Gasteiger partial charge in [0.1, 0.15) is 0 Å². The third-order valence-corrected chi connectivity index (χ3v) is 5.85. The van der Waals surface area contributed by atoms with Crippen molar-refractivity contribution in [3.05, 3.63) is 70.8 Å². The van der Waals surface area contributed by atoms with E-state index in [1.54, 1.807) is 35.2 Å². The first-order valence-corrected chi connectivity index (χ1v) is 10.1. The Balaban J connectivity index is 1.45. The number of halogens is 3.